The number of rotatable bonds is 8. The first-order valence-electron chi connectivity index (χ1n) is 8.14. The zero-order valence-corrected chi connectivity index (χ0v) is 13.7. The van der Waals surface area contributed by atoms with E-state index in [1.165, 1.54) is 19.3 Å². The summed E-state index contributed by atoms with van der Waals surface area (Å²) in [6.07, 6.45) is 3.73. The van der Waals surface area contributed by atoms with Crippen LogP contribution in [0, 0.1) is 5.92 Å². The summed E-state index contributed by atoms with van der Waals surface area (Å²) in [5, 5.41) is 3.75. The largest absolute Gasteiger partial charge is 0.379 e. The highest BCUT2D eigenvalue weighted by atomic mass is 16.5. The van der Waals surface area contributed by atoms with Crippen molar-refractivity contribution in [3.05, 3.63) is 0 Å². The molecule has 3 nitrogen and oxygen atoms in total. The van der Waals surface area contributed by atoms with Gasteiger partial charge in [-0.25, -0.2) is 0 Å². The van der Waals surface area contributed by atoms with Crippen molar-refractivity contribution in [2.75, 3.05) is 32.8 Å². The molecular weight excluding hydrogens is 236 g/mol. The van der Waals surface area contributed by atoms with Gasteiger partial charge in [0.15, 0.2) is 0 Å². The molecule has 1 N–H and O–H groups in total. The third-order valence-corrected chi connectivity index (χ3v) is 4.99. The Bertz CT molecular complexity index is 241. The fourth-order valence-corrected chi connectivity index (χ4v) is 3.14. The van der Waals surface area contributed by atoms with Gasteiger partial charge in [-0.1, -0.05) is 34.1 Å². The van der Waals surface area contributed by atoms with Crippen LogP contribution in [-0.4, -0.2) is 49.3 Å². The van der Waals surface area contributed by atoms with Gasteiger partial charge in [0, 0.05) is 24.7 Å². The topological polar surface area (TPSA) is 24.5 Å². The van der Waals surface area contributed by atoms with E-state index in [1.807, 2.05) is 0 Å². The molecule has 1 rings (SSSR count). The van der Waals surface area contributed by atoms with Crippen molar-refractivity contribution in [3.8, 4) is 0 Å². The van der Waals surface area contributed by atoms with Crippen LogP contribution in [0.25, 0.3) is 0 Å². The lowest BCUT2D eigenvalue weighted by atomic mass is 9.81. The van der Waals surface area contributed by atoms with Gasteiger partial charge in [-0.05, 0) is 32.2 Å². The fourth-order valence-electron chi connectivity index (χ4n) is 3.14. The van der Waals surface area contributed by atoms with Gasteiger partial charge >= 0.3 is 0 Å². The highest BCUT2D eigenvalue weighted by Gasteiger charge is 2.38. The number of ether oxygens (including phenoxy) is 1. The molecule has 1 fully saturated rings. The summed E-state index contributed by atoms with van der Waals surface area (Å²) >= 11 is 0. The van der Waals surface area contributed by atoms with Crippen LogP contribution in [0.4, 0.5) is 0 Å². The van der Waals surface area contributed by atoms with Crippen LogP contribution in [0.2, 0.25) is 0 Å². The van der Waals surface area contributed by atoms with E-state index in [0.29, 0.717) is 6.04 Å². The van der Waals surface area contributed by atoms with E-state index in [4.69, 9.17) is 4.74 Å². The highest BCUT2D eigenvalue weighted by Crippen LogP contribution is 2.29. The zero-order valence-electron chi connectivity index (χ0n) is 13.7. The molecule has 3 atom stereocenters. The SMILES string of the molecule is CCNC(CC(C)CC)C(C)(CC)N1CCOCC1. The Hall–Kier alpha value is -0.120. The van der Waals surface area contributed by atoms with Crippen molar-refractivity contribution < 1.29 is 4.74 Å². The maximum atomic E-state index is 5.52. The molecule has 0 aromatic heterocycles. The summed E-state index contributed by atoms with van der Waals surface area (Å²) in [6.45, 7) is 16.6. The zero-order chi connectivity index (χ0) is 14.3. The van der Waals surface area contributed by atoms with Crippen molar-refractivity contribution in [1.29, 1.82) is 0 Å². The van der Waals surface area contributed by atoms with Gasteiger partial charge in [0.1, 0.15) is 0 Å². The summed E-state index contributed by atoms with van der Waals surface area (Å²) in [5.41, 5.74) is 0.253. The van der Waals surface area contributed by atoms with E-state index >= 15 is 0 Å². The van der Waals surface area contributed by atoms with Gasteiger partial charge in [-0.2, -0.15) is 0 Å². The number of likely N-dealkylation sites (N-methyl/N-ethyl adjacent to an activating group) is 1. The number of morpholine rings is 1. The lowest BCUT2D eigenvalue weighted by molar-refractivity contribution is -0.0350. The Balaban J connectivity index is 2.79. The smallest absolute Gasteiger partial charge is 0.0594 e. The first kappa shape index (κ1) is 16.9. The molecule has 19 heavy (non-hydrogen) atoms. The normalized spacial score (nSPS) is 23.8. The van der Waals surface area contributed by atoms with Crippen molar-refractivity contribution in [1.82, 2.24) is 10.2 Å². The average Bonchev–Trinajstić information content (AvgIpc) is 2.46. The second-order valence-corrected chi connectivity index (χ2v) is 6.17. The second kappa shape index (κ2) is 8.23. The van der Waals surface area contributed by atoms with Gasteiger partial charge < -0.3 is 10.1 Å². The van der Waals surface area contributed by atoms with Gasteiger partial charge in [0.05, 0.1) is 13.2 Å². The molecule has 3 heteroatoms. The summed E-state index contributed by atoms with van der Waals surface area (Å²) in [7, 11) is 0. The van der Waals surface area contributed by atoms with Crippen LogP contribution in [0.5, 0.6) is 0 Å². The first-order chi connectivity index (χ1) is 9.08. The Kier molecular flexibility index (Phi) is 7.33. The van der Waals surface area contributed by atoms with E-state index in [0.717, 1.165) is 38.8 Å². The van der Waals surface area contributed by atoms with Crippen LogP contribution < -0.4 is 5.32 Å². The molecular formula is C16H34N2O. The third-order valence-electron chi connectivity index (χ3n) is 4.99. The van der Waals surface area contributed by atoms with Crippen molar-refractivity contribution in [3.63, 3.8) is 0 Å². The molecule has 1 saturated heterocycles. The molecule has 1 heterocycles. The highest BCUT2D eigenvalue weighted by molar-refractivity contribution is 4.97. The third kappa shape index (κ3) is 4.44. The minimum absolute atomic E-state index is 0.253. The molecule has 0 saturated carbocycles. The second-order valence-electron chi connectivity index (χ2n) is 6.17. The molecule has 0 bridgehead atoms. The van der Waals surface area contributed by atoms with E-state index in [1.54, 1.807) is 0 Å². The molecule has 0 radical (unpaired) electrons. The Morgan fingerprint density at radius 1 is 1.21 bits per heavy atom. The number of hydrogen-bond acceptors (Lipinski definition) is 3. The van der Waals surface area contributed by atoms with E-state index < -0.39 is 0 Å². The first-order valence-corrected chi connectivity index (χ1v) is 8.14. The van der Waals surface area contributed by atoms with Gasteiger partial charge in [-0.3, -0.25) is 4.90 Å². The predicted octanol–water partition coefficient (Wildman–Crippen LogP) is 2.90. The van der Waals surface area contributed by atoms with Crippen molar-refractivity contribution in [2.45, 2.75) is 65.5 Å². The van der Waals surface area contributed by atoms with Gasteiger partial charge in [0.2, 0.25) is 0 Å². The molecule has 3 unspecified atom stereocenters. The fraction of sp³-hybridized carbons (Fsp3) is 1.00. The minimum atomic E-state index is 0.253. The maximum Gasteiger partial charge on any atom is 0.0594 e. The minimum Gasteiger partial charge on any atom is -0.379 e. The number of nitrogens with one attached hydrogen (secondary N) is 1. The van der Waals surface area contributed by atoms with Gasteiger partial charge in [-0.15, -0.1) is 0 Å². The summed E-state index contributed by atoms with van der Waals surface area (Å²) in [6, 6.07) is 0.579. The van der Waals surface area contributed by atoms with Gasteiger partial charge in [0.25, 0.3) is 0 Å². The molecule has 0 aromatic carbocycles. The summed E-state index contributed by atoms with van der Waals surface area (Å²) in [4.78, 5) is 2.65. The van der Waals surface area contributed by atoms with Crippen LogP contribution in [0.1, 0.15) is 53.9 Å². The van der Waals surface area contributed by atoms with Crippen LogP contribution >= 0.6 is 0 Å². The van der Waals surface area contributed by atoms with Crippen LogP contribution in [0.15, 0.2) is 0 Å². The summed E-state index contributed by atoms with van der Waals surface area (Å²) in [5.74, 6) is 0.788. The van der Waals surface area contributed by atoms with Crippen LogP contribution in [-0.2, 0) is 4.74 Å². The van der Waals surface area contributed by atoms with E-state index in [9.17, 15) is 0 Å². The predicted molar refractivity (Wildman–Crippen MR) is 82.6 cm³/mol. The molecule has 1 aliphatic rings. The molecule has 0 spiro atoms. The number of hydrogen-bond donors (Lipinski definition) is 1. The lowest BCUT2D eigenvalue weighted by Crippen LogP contribution is -2.62. The van der Waals surface area contributed by atoms with Crippen molar-refractivity contribution in [2.24, 2.45) is 5.92 Å². The van der Waals surface area contributed by atoms with Crippen LogP contribution in [0.3, 0.4) is 0 Å². The Morgan fingerprint density at radius 2 is 1.84 bits per heavy atom. The van der Waals surface area contributed by atoms with E-state index in [2.05, 4.69) is 44.8 Å². The molecule has 0 aliphatic carbocycles. The quantitative estimate of drug-likeness (QED) is 0.734. The number of nitrogens with zero attached hydrogens (tertiary/aromatic N) is 1. The Labute approximate surface area is 120 Å². The average molecular weight is 270 g/mol. The monoisotopic (exact) mass is 270 g/mol. The maximum absolute atomic E-state index is 5.52. The summed E-state index contributed by atoms with van der Waals surface area (Å²) < 4.78 is 5.52. The molecule has 0 aromatic rings. The molecule has 0 amide bonds. The standard InChI is InChI=1S/C16H34N2O/c1-6-14(4)13-15(17-8-3)16(5,7-2)18-9-11-19-12-10-18/h14-15,17H,6-13H2,1-5H3. The molecule has 114 valence electrons. The van der Waals surface area contributed by atoms with Crippen molar-refractivity contribution >= 4 is 0 Å². The lowest BCUT2D eigenvalue weighted by Gasteiger charge is -2.48. The Morgan fingerprint density at radius 3 is 2.32 bits per heavy atom. The van der Waals surface area contributed by atoms with E-state index in [-0.39, 0.29) is 5.54 Å². The molecule has 1 aliphatic heterocycles.